The molecule has 4 nitrogen and oxygen atoms in total. The van der Waals surface area contributed by atoms with Gasteiger partial charge in [0.15, 0.2) is 0 Å². The van der Waals surface area contributed by atoms with E-state index in [0.717, 1.165) is 4.47 Å². The Balaban J connectivity index is 2.44. The average molecular weight is 365 g/mol. The van der Waals surface area contributed by atoms with E-state index in [-0.39, 0.29) is 11.7 Å². The van der Waals surface area contributed by atoms with Gasteiger partial charge >= 0.3 is 6.61 Å². The minimum absolute atomic E-state index is 0.0704. The molecule has 0 aliphatic rings. The van der Waals surface area contributed by atoms with E-state index in [0.29, 0.717) is 31.5 Å². The number of hydrogen-bond acceptors (Lipinski definition) is 3. The Morgan fingerprint density at radius 2 is 2.14 bits per heavy atom. The van der Waals surface area contributed by atoms with Gasteiger partial charge in [-0.1, -0.05) is 15.9 Å². The Hall–Kier alpha value is -1.21. The Labute approximate surface area is 131 Å². The summed E-state index contributed by atoms with van der Waals surface area (Å²) in [4.78, 5) is 12.9. The molecule has 1 rings (SSSR count). The van der Waals surface area contributed by atoms with E-state index in [1.54, 1.807) is 31.1 Å². The average Bonchev–Trinajstić information content (AvgIpc) is 2.40. The van der Waals surface area contributed by atoms with Gasteiger partial charge in [0.1, 0.15) is 5.75 Å². The van der Waals surface area contributed by atoms with E-state index < -0.39 is 6.61 Å². The first-order chi connectivity index (χ1) is 9.90. The predicted octanol–water partition coefficient (Wildman–Crippen LogP) is 3.01. The van der Waals surface area contributed by atoms with Crippen LogP contribution in [0.4, 0.5) is 8.78 Å². The normalized spacial score (nSPS) is 10.8. The highest BCUT2D eigenvalue weighted by atomic mass is 79.9. The first-order valence-electron chi connectivity index (χ1n) is 6.54. The molecule has 0 saturated carbocycles. The summed E-state index contributed by atoms with van der Waals surface area (Å²) in [7, 11) is 3.43. The summed E-state index contributed by atoms with van der Waals surface area (Å²) >= 11 is 3.30. The standard InChI is InChI=1S/C14H19BrF2N2O2/c1-19(2)13(20)4-3-7-18-9-10-8-11(15)5-6-12(10)21-14(16)17/h5-6,8,14,18H,3-4,7,9H2,1-2H3. The van der Waals surface area contributed by atoms with E-state index >= 15 is 0 Å². The molecule has 1 amide bonds. The fourth-order valence-electron chi connectivity index (χ4n) is 1.71. The van der Waals surface area contributed by atoms with Crippen LogP contribution in [0.25, 0.3) is 0 Å². The van der Waals surface area contributed by atoms with Crippen molar-refractivity contribution < 1.29 is 18.3 Å². The third kappa shape index (κ3) is 6.86. The summed E-state index contributed by atoms with van der Waals surface area (Å²) in [6.07, 6.45) is 1.15. The maximum absolute atomic E-state index is 12.3. The third-order valence-electron chi connectivity index (χ3n) is 2.80. The van der Waals surface area contributed by atoms with Crippen LogP contribution in [0.5, 0.6) is 5.75 Å². The van der Waals surface area contributed by atoms with Gasteiger partial charge in [-0.3, -0.25) is 4.79 Å². The number of nitrogens with one attached hydrogen (secondary N) is 1. The number of carbonyl (C=O) groups is 1. The monoisotopic (exact) mass is 364 g/mol. The van der Waals surface area contributed by atoms with Crippen LogP contribution in [0, 0.1) is 0 Å². The number of nitrogens with zero attached hydrogens (tertiary/aromatic N) is 1. The highest BCUT2D eigenvalue weighted by molar-refractivity contribution is 9.10. The Bertz CT molecular complexity index is 470. The topological polar surface area (TPSA) is 41.6 Å². The van der Waals surface area contributed by atoms with Crippen molar-refractivity contribution in [1.29, 1.82) is 0 Å². The zero-order valence-electron chi connectivity index (χ0n) is 12.0. The van der Waals surface area contributed by atoms with Gasteiger partial charge in [0, 0.05) is 37.1 Å². The number of rotatable bonds is 8. The number of carbonyl (C=O) groups excluding carboxylic acids is 1. The lowest BCUT2D eigenvalue weighted by atomic mass is 10.2. The molecule has 0 spiro atoms. The van der Waals surface area contributed by atoms with Crippen molar-refractivity contribution in [2.24, 2.45) is 0 Å². The van der Waals surface area contributed by atoms with E-state index in [2.05, 4.69) is 26.0 Å². The summed E-state index contributed by atoms with van der Waals surface area (Å²) in [5.74, 6) is 0.228. The molecule has 0 fully saturated rings. The first-order valence-corrected chi connectivity index (χ1v) is 7.33. The number of ether oxygens (including phenoxy) is 1. The summed E-state index contributed by atoms with van der Waals surface area (Å²) < 4.78 is 29.9. The summed E-state index contributed by atoms with van der Waals surface area (Å²) in [6.45, 7) is -1.82. The van der Waals surface area contributed by atoms with E-state index in [4.69, 9.17) is 0 Å². The van der Waals surface area contributed by atoms with Crippen molar-refractivity contribution >= 4 is 21.8 Å². The number of hydrogen-bond donors (Lipinski definition) is 1. The molecule has 0 aliphatic heterocycles. The van der Waals surface area contributed by atoms with Crippen LogP contribution in [-0.4, -0.2) is 38.1 Å². The van der Waals surface area contributed by atoms with E-state index in [1.807, 2.05) is 0 Å². The van der Waals surface area contributed by atoms with Gasteiger partial charge in [-0.05, 0) is 31.2 Å². The molecule has 7 heteroatoms. The third-order valence-corrected chi connectivity index (χ3v) is 3.29. The van der Waals surface area contributed by atoms with Crippen molar-refractivity contribution in [2.75, 3.05) is 20.6 Å². The van der Waals surface area contributed by atoms with Gasteiger partial charge in [0.2, 0.25) is 5.91 Å². The predicted molar refractivity (Wildman–Crippen MR) is 80.4 cm³/mol. The second-order valence-electron chi connectivity index (χ2n) is 4.70. The minimum Gasteiger partial charge on any atom is -0.434 e. The maximum atomic E-state index is 12.3. The second kappa shape index (κ2) is 8.94. The van der Waals surface area contributed by atoms with Crippen LogP contribution in [0.1, 0.15) is 18.4 Å². The van der Waals surface area contributed by atoms with Crippen LogP contribution in [-0.2, 0) is 11.3 Å². The zero-order chi connectivity index (χ0) is 15.8. The van der Waals surface area contributed by atoms with Gasteiger partial charge in [-0.15, -0.1) is 0 Å². The number of alkyl halides is 2. The number of amides is 1. The van der Waals surface area contributed by atoms with Crippen molar-refractivity contribution in [3.05, 3.63) is 28.2 Å². The number of halogens is 3. The minimum atomic E-state index is -2.84. The second-order valence-corrected chi connectivity index (χ2v) is 5.61. The molecular formula is C14H19BrF2N2O2. The summed E-state index contributed by atoms with van der Waals surface area (Å²) in [6, 6.07) is 4.88. The highest BCUT2D eigenvalue weighted by Crippen LogP contribution is 2.24. The van der Waals surface area contributed by atoms with Gasteiger partial charge in [0.05, 0.1) is 0 Å². The Kier molecular flexibility index (Phi) is 7.60. The molecule has 0 saturated heterocycles. The van der Waals surface area contributed by atoms with Crippen molar-refractivity contribution in [3.63, 3.8) is 0 Å². The zero-order valence-corrected chi connectivity index (χ0v) is 13.6. The van der Waals surface area contributed by atoms with Gasteiger partial charge in [-0.2, -0.15) is 8.78 Å². The van der Waals surface area contributed by atoms with Crippen LogP contribution in [0.3, 0.4) is 0 Å². The molecule has 21 heavy (non-hydrogen) atoms. The molecule has 0 atom stereocenters. The van der Waals surface area contributed by atoms with Gasteiger partial charge < -0.3 is 15.0 Å². The lowest BCUT2D eigenvalue weighted by molar-refractivity contribution is -0.128. The van der Waals surface area contributed by atoms with E-state index in [9.17, 15) is 13.6 Å². The molecule has 0 unspecified atom stereocenters. The molecule has 0 aromatic heterocycles. The lowest BCUT2D eigenvalue weighted by Crippen LogP contribution is -2.23. The van der Waals surface area contributed by atoms with Gasteiger partial charge in [0.25, 0.3) is 0 Å². The van der Waals surface area contributed by atoms with E-state index in [1.165, 1.54) is 6.07 Å². The van der Waals surface area contributed by atoms with Crippen molar-refractivity contribution in [3.8, 4) is 5.75 Å². The SMILES string of the molecule is CN(C)C(=O)CCCNCc1cc(Br)ccc1OC(F)F. The highest BCUT2D eigenvalue weighted by Gasteiger charge is 2.10. The van der Waals surface area contributed by atoms with Gasteiger partial charge in [-0.25, -0.2) is 0 Å². The first kappa shape index (κ1) is 17.8. The number of benzene rings is 1. The maximum Gasteiger partial charge on any atom is 0.387 e. The fraction of sp³-hybridized carbons (Fsp3) is 0.500. The molecule has 1 N–H and O–H groups in total. The quantitative estimate of drug-likeness (QED) is 0.721. The molecular weight excluding hydrogens is 346 g/mol. The van der Waals surface area contributed by atoms with Crippen LogP contribution in [0.15, 0.2) is 22.7 Å². The van der Waals surface area contributed by atoms with Crippen molar-refractivity contribution in [2.45, 2.75) is 26.0 Å². The van der Waals surface area contributed by atoms with Crippen molar-refractivity contribution in [1.82, 2.24) is 10.2 Å². The smallest absolute Gasteiger partial charge is 0.387 e. The molecule has 118 valence electrons. The molecule has 1 aromatic rings. The van der Waals surface area contributed by atoms with Crippen LogP contribution in [0.2, 0.25) is 0 Å². The van der Waals surface area contributed by atoms with Crippen LogP contribution >= 0.6 is 15.9 Å². The molecule has 0 bridgehead atoms. The molecule has 0 aliphatic carbocycles. The molecule has 1 aromatic carbocycles. The molecule has 0 heterocycles. The van der Waals surface area contributed by atoms with Crippen LogP contribution < -0.4 is 10.1 Å². The molecule has 0 radical (unpaired) electrons. The fourth-order valence-corrected chi connectivity index (χ4v) is 2.12. The lowest BCUT2D eigenvalue weighted by Gasteiger charge is -2.13. The Morgan fingerprint density at radius 1 is 1.43 bits per heavy atom. The largest absolute Gasteiger partial charge is 0.434 e. The Morgan fingerprint density at radius 3 is 2.76 bits per heavy atom. The summed E-state index contributed by atoms with van der Waals surface area (Å²) in [5, 5.41) is 3.12. The summed E-state index contributed by atoms with van der Waals surface area (Å²) in [5.41, 5.74) is 0.642.